The van der Waals surface area contributed by atoms with Gasteiger partial charge in [-0.3, -0.25) is 0 Å². The summed E-state index contributed by atoms with van der Waals surface area (Å²) in [6.45, 7) is 0.403. The molecular weight excluding hydrogens is 350 g/mol. The number of hydrogen-bond acceptors (Lipinski definition) is 7. The summed E-state index contributed by atoms with van der Waals surface area (Å²) in [5.74, 6) is 2.06. The molecule has 0 atom stereocenters. The number of thiazole rings is 1. The Morgan fingerprint density at radius 1 is 1.04 bits per heavy atom. The number of ether oxygens (including phenoxy) is 2. The van der Waals surface area contributed by atoms with Gasteiger partial charge in [0.15, 0.2) is 0 Å². The van der Waals surface area contributed by atoms with Crippen LogP contribution in [0.15, 0.2) is 64.7 Å². The van der Waals surface area contributed by atoms with Crippen LogP contribution in [0.1, 0.15) is 5.69 Å². The lowest BCUT2D eigenvalue weighted by Crippen LogP contribution is -1.95. The lowest BCUT2D eigenvalue weighted by atomic mass is 10.2. The second-order valence-corrected chi connectivity index (χ2v) is 6.29. The SMILES string of the molecule is COc1cccc(-c2nc(COc3ccc(-c4nnco4)cc3)cs2)c1. The molecule has 0 amide bonds. The Kier molecular flexibility index (Phi) is 4.61. The lowest BCUT2D eigenvalue weighted by Gasteiger charge is -2.04. The summed E-state index contributed by atoms with van der Waals surface area (Å²) < 4.78 is 16.2. The molecular formula is C19H15N3O3S. The van der Waals surface area contributed by atoms with E-state index in [0.717, 1.165) is 33.3 Å². The smallest absolute Gasteiger partial charge is 0.247 e. The Morgan fingerprint density at radius 3 is 2.69 bits per heavy atom. The first kappa shape index (κ1) is 16.3. The molecule has 2 aromatic heterocycles. The van der Waals surface area contributed by atoms with Crippen LogP contribution in [0.25, 0.3) is 22.0 Å². The van der Waals surface area contributed by atoms with Gasteiger partial charge in [0.25, 0.3) is 0 Å². The molecule has 4 rings (SSSR count). The number of aromatic nitrogens is 3. The highest BCUT2D eigenvalue weighted by Gasteiger charge is 2.07. The van der Waals surface area contributed by atoms with Gasteiger partial charge in [-0.05, 0) is 36.4 Å². The third-order valence-corrected chi connectivity index (χ3v) is 4.66. The number of hydrogen-bond donors (Lipinski definition) is 0. The summed E-state index contributed by atoms with van der Waals surface area (Å²) in [5.41, 5.74) is 2.77. The number of methoxy groups -OCH3 is 1. The van der Waals surface area contributed by atoms with E-state index in [0.29, 0.717) is 12.5 Å². The average Bonchev–Trinajstić information content (AvgIpc) is 3.39. The average molecular weight is 365 g/mol. The maximum absolute atomic E-state index is 5.81. The van der Waals surface area contributed by atoms with Gasteiger partial charge in [0.05, 0.1) is 12.8 Å². The van der Waals surface area contributed by atoms with Gasteiger partial charge < -0.3 is 13.9 Å². The predicted molar refractivity (Wildman–Crippen MR) is 98.2 cm³/mol. The summed E-state index contributed by atoms with van der Waals surface area (Å²) in [4.78, 5) is 4.63. The van der Waals surface area contributed by atoms with Crippen molar-refractivity contribution >= 4 is 11.3 Å². The fraction of sp³-hybridized carbons (Fsp3) is 0.105. The zero-order chi connectivity index (χ0) is 17.8. The Hall–Kier alpha value is -3.19. The molecule has 0 unspecified atom stereocenters. The fourth-order valence-corrected chi connectivity index (χ4v) is 3.21. The maximum atomic E-state index is 5.81. The maximum Gasteiger partial charge on any atom is 0.247 e. The van der Waals surface area contributed by atoms with E-state index >= 15 is 0 Å². The standard InChI is InChI=1S/C19H15N3O3S/c1-23-17-4-2-3-14(9-17)19-21-15(11-26-19)10-24-16-7-5-13(6-8-16)18-22-20-12-25-18/h2-9,11-12H,10H2,1H3. The first-order chi connectivity index (χ1) is 12.8. The highest BCUT2D eigenvalue weighted by atomic mass is 32.1. The number of nitrogens with zero attached hydrogens (tertiary/aromatic N) is 3. The Morgan fingerprint density at radius 2 is 1.92 bits per heavy atom. The van der Waals surface area contributed by atoms with Crippen LogP contribution in [0.2, 0.25) is 0 Å². The molecule has 4 aromatic rings. The molecule has 7 heteroatoms. The molecule has 0 aliphatic carbocycles. The minimum atomic E-state index is 0.403. The predicted octanol–water partition coefficient (Wildman–Crippen LogP) is 4.45. The van der Waals surface area contributed by atoms with E-state index in [9.17, 15) is 0 Å². The van der Waals surface area contributed by atoms with E-state index < -0.39 is 0 Å². The van der Waals surface area contributed by atoms with E-state index in [1.807, 2.05) is 53.9 Å². The summed E-state index contributed by atoms with van der Waals surface area (Å²) >= 11 is 1.58. The molecule has 0 fully saturated rings. The van der Waals surface area contributed by atoms with Gasteiger partial charge in [0, 0.05) is 16.5 Å². The summed E-state index contributed by atoms with van der Waals surface area (Å²) in [5, 5.41) is 10.5. The first-order valence-electron chi connectivity index (χ1n) is 7.90. The van der Waals surface area contributed by atoms with E-state index in [1.54, 1.807) is 18.4 Å². The van der Waals surface area contributed by atoms with Gasteiger partial charge in [0.1, 0.15) is 23.1 Å². The van der Waals surface area contributed by atoms with Crippen LogP contribution in [-0.2, 0) is 6.61 Å². The largest absolute Gasteiger partial charge is 0.497 e. The van der Waals surface area contributed by atoms with Crippen LogP contribution < -0.4 is 9.47 Å². The van der Waals surface area contributed by atoms with Crippen molar-refractivity contribution in [2.45, 2.75) is 6.61 Å². The van der Waals surface area contributed by atoms with Crippen LogP contribution in [-0.4, -0.2) is 22.3 Å². The molecule has 0 saturated carbocycles. The van der Waals surface area contributed by atoms with Gasteiger partial charge in [-0.15, -0.1) is 21.5 Å². The van der Waals surface area contributed by atoms with Gasteiger partial charge in [-0.2, -0.15) is 0 Å². The minimum Gasteiger partial charge on any atom is -0.497 e. The van der Waals surface area contributed by atoms with Gasteiger partial charge in [-0.1, -0.05) is 12.1 Å². The quantitative estimate of drug-likeness (QED) is 0.503. The molecule has 26 heavy (non-hydrogen) atoms. The molecule has 2 heterocycles. The molecule has 0 bridgehead atoms. The van der Waals surface area contributed by atoms with Crippen molar-refractivity contribution < 1.29 is 13.9 Å². The second kappa shape index (κ2) is 7.37. The summed E-state index contributed by atoms with van der Waals surface area (Å²) in [6, 6.07) is 15.4. The van der Waals surface area contributed by atoms with Crippen molar-refractivity contribution in [3.8, 4) is 33.5 Å². The highest BCUT2D eigenvalue weighted by Crippen LogP contribution is 2.27. The fourth-order valence-electron chi connectivity index (χ4n) is 2.41. The van der Waals surface area contributed by atoms with Gasteiger partial charge in [-0.25, -0.2) is 4.98 Å². The van der Waals surface area contributed by atoms with Crippen molar-refractivity contribution in [2.24, 2.45) is 0 Å². The summed E-state index contributed by atoms with van der Waals surface area (Å²) in [6.07, 6.45) is 1.31. The van der Waals surface area contributed by atoms with Crippen LogP contribution in [0.5, 0.6) is 11.5 Å². The van der Waals surface area contributed by atoms with E-state index in [1.165, 1.54) is 6.39 Å². The first-order valence-corrected chi connectivity index (χ1v) is 8.78. The molecule has 130 valence electrons. The Bertz CT molecular complexity index is 981. The Balaban J connectivity index is 1.41. The zero-order valence-corrected chi connectivity index (χ0v) is 14.8. The lowest BCUT2D eigenvalue weighted by molar-refractivity contribution is 0.302. The van der Waals surface area contributed by atoms with Crippen molar-refractivity contribution in [1.82, 2.24) is 15.2 Å². The monoisotopic (exact) mass is 365 g/mol. The van der Waals surface area contributed by atoms with E-state index in [-0.39, 0.29) is 0 Å². The van der Waals surface area contributed by atoms with Crippen molar-refractivity contribution in [3.05, 3.63) is 66.0 Å². The van der Waals surface area contributed by atoms with E-state index in [4.69, 9.17) is 13.9 Å². The Labute approximate surface area is 154 Å². The molecule has 0 aliphatic heterocycles. The van der Waals surface area contributed by atoms with Crippen molar-refractivity contribution in [1.29, 1.82) is 0 Å². The molecule has 0 aliphatic rings. The molecule has 0 N–H and O–H groups in total. The second-order valence-electron chi connectivity index (χ2n) is 5.43. The topological polar surface area (TPSA) is 70.3 Å². The van der Waals surface area contributed by atoms with Crippen LogP contribution in [0, 0.1) is 0 Å². The van der Waals surface area contributed by atoms with Gasteiger partial charge >= 0.3 is 0 Å². The molecule has 6 nitrogen and oxygen atoms in total. The highest BCUT2D eigenvalue weighted by molar-refractivity contribution is 7.13. The molecule has 0 spiro atoms. The van der Waals surface area contributed by atoms with Crippen molar-refractivity contribution in [2.75, 3.05) is 7.11 Å². The number of benzene rings is 2. The van der Waals surface area contributed by atoms with E-state index in [2.05, 4.69) is 15.2 Å². The molecule has 0 saturated heterocycles. The minimum absolute atomic E-state index is 0.403. The third-order valence-electron chi connectivity index (χ3n) is 3.72. The molecule has 2 aromatic carbocycles. The number of rotatable bonds is 6. The third kappa shape index (κ3) is 3.57. The van der Waals surface area contributed by atoms with Gasteiger partial charge in [0.2, 0.25) is 12.3 Å². The van der Waals surface area contributed by atoms with Crippen LogP contribution in [0.3, 0.4) is 0 Å². The van der Waals surface area contributed by atoms with Crippen LogP contribution >= 0.6 is 11.3 Å². The summed E-state index contributed by atoms with van der Waals surface area (Å²) in [7, 11) is 1.66. The van der Waals surface area contributed by atoms with Crippen molar-refractivity contribution in [3.63, 3.8) is 0 Å². The zero-order valence-electron chi connectivity index (χ0n) is 14.0. The molecule has 0 radical (unpaired) electrons. The normalized spacial score (nSPS) is 10.7. The van der Waals surface area contributed by atoms with Crippen LogP contribution in [0.4, 0.5) is 0 Å².